The van der Waals surface area contributed by atoms with Crippen LogP contribution in [-0.2, 0) is 6.42 Å². The first-order valence-electron chi connectivity index (χ1n) is 6.91. The van der Waals surface area contributed by atoms with Crippen LogP contribution in [-0.4, -0.2) is 22.6 Å². The summed E-state index contributed by atoms with van der Waals surface area (Å²) in [5.41, 5.74) is 2.48. The zero-order chi connectivity index (χ0) is 14.8. The summed E-state index contributed by atoms with van der Waals surface area (Å²) in [6.07, 6.45) is 4.57. The molecule has 3 rings (SSSR count). The molecule has 1 aliphatic heterocycles. The largest absolute Gasteiger partial charge is 0.478 e. The van der Waals surface area contributed by atoms with E-state index in [0.29, 0.717) is 10.8 Å². The van der Waals surface area contributed by atoms with Crippen molar-refractivity contribution < 1.29 is 9.90 Å². The number of nitrogens with zero attached hydrogens (tertiary/aromatic N) is 2. The molecule has 0 radical (unpaired) electrons. The minimum absolute atomic E-state index is 0.104. The third-order valence-corrected chi connectivity index (χ3v) is 3.96. The van der Waals surface area contributed by atoms with E-state index in [0.717, 1.165) is 31.5 Å². The highest BCUT2D eigenvalue weighted by Crippen LogP contribution is 2.35. The summed E-state index contributed by atoms with van der Waals surface area (Å²) in [6.45, 7) is 0.830. The van der Waals surface area contributed by atoms with Gasteiger partial charge in [0.15, 0.2) is 5.82 Å². The van der Waals surface area contributed by atoms with Crippen molar-refractivity contribution in [2.75, 3.05) is 11.4 Å². The molecule has 1 aromatic carbocycles. The first-order valence-corrected chi connectivity index (χ1v) is 7.29. The highest BCUT2D eigenvalue weighted by molar-refractivity contribution is 6.33. The molecule has 0 unspecified atom stereocenters. The number of aromatic carboxylic acids is 1. The average molecular weight is 303 g/mol. The lowest BCUT2D eigenvalue weighted by Crippen LogP contribution is -2.19. The Labute approximate surface area is 128 Å². The molecule has 0 spiro atoms. The van der Waals surface area contributed by atoms with Crippen molar-refractivity contribution in [3.05, 3.63) is 52.7 Å². The van der Waals surface area contributed by atoms with Crippen LogP contribution in [0.15, 0.2) is 36.5 Å². The maximum Gasteiger partial charge on any atom is 0.337 e. The zero-order valence-electron chi connectivity index (χ0n) is 11.4. The lowest BCUT2D eigenvalue weighted by Gasteiger charge is -2.24. The molecule has 0 saturated heterocycles. The second-order valence-corrected chi connectivity index (χ2v) is 5.48. The first-order chi connectivity index (χ1) is 10.2. The Morgan fingerprint density at radius 2 is 2.10 bits per heavy atom. The van der Waals surface area contributed by atoms with Crippen LogP contribution in [0, 0.1) is 0 Å². The molecule has 0 amide bonds. The van der Waals surface area contributed by atoms with Crippen molar-refractivity contribution in [3.8, 4) is 0 Å². The number of carboxylic acid groups (broad SMARTS) is 1. The smallest absolute Gasteiger partial charge is 0.337 e. The van der Waals surface area contributed by atoms with Gasteiger partial charge < -0.3 is 10.0 Å². The van der Waals surface area contributed by atoms with E-state index in [-0.39, 0.29) is 5.56 Å². The third-order valence-electron chi connectivity index (χ3n) is 3.68. The number of aryl methyl sites for hydroxylation is 1. The number of carboxylic acids is 1. The molecule has 2 heterocycles. The highest BCUT2D eigenvalue weighted by Gasteiger charge is 2.20. The van der Waals surface area contributed by atoms with Gasteiger partial charge >= 0.3 is 5.97 Å². The van der Waals surface area contributed by atoms with E-state index in [2.05, 4.69) is 22.0 Å². The second-order valence-electron chi connectivity index (χ2n) is 5.07. The summed E-state index contributed by atoms with van der Waals surface area (Å²) in [4.78, 5) is 17.3. The number of para-hydroxylation sites is 1. The number of pyridine rings is 1. The van der Waals surface area contributed by atoms with Gasteiger partial charge in [0, 0.05) is 18.4 Å². The molecule has 1 N–H and O–H groups in total. The van der Waals surface area contributed by atoms with Crippen molar-refractivity contribution in [1.29, 1.82) is 0 Å². The predicted octanol–water partition coefficient (Wildman–Crippen LogP) is 3.91. The molecule has 0 saturated carbocycles. The van der Waals surface area contributed by atoms with Gasteiger partial charge in [0.05, 0.1) is 10.6 Å². The monoisotopic (exact) mass is 302 g/mol. The van der Waals surface area contributed by atoms with E-state index in [1.807, 2.05) is 12.1 Å². The molecule has 4 nitrogen and oxygen atoms in total. The molecule has 0 bridgehead atoms. The van der Waals surface area contributed by atoms with Crippen LogP contribution in [0.4, 0.5) is 11.5 Å². The Morgan fingerprint density at radius 3 is 2.86 bits per heavy atom. The molecule has 5 heteroatoms. The van der Waals surface area contributed by atoms with Crippen molar-refractivity contribution in [2.45, 2.75) is 19.3 Å². The normalized spacial score (nSPS) is 14.4. The Morgan fingerprint density at radius 1 is 1.29 bits per heavy atom. The average Bonchev–Trinajstić information content (AvgIpc) is 2.69. The number of anilines is 2. The SMILES string of the molecule is O=C(O)c1cnc(N2CCCCc3ccccc32)c(Cl)c1. The van der Waals surface area contributed by atoms with Crippen LogP contribution in [0.5, 0.6) is 0 Å². The standard InChI is InChI=1S/C16H15ClN2O2/c17-13-9-12(16(20)21)10-18-15(13)19-8-4-3-6-11-5-1-2-7-14(11)19/h1-2,5,7,9-10H,3-4,6,8H2,(H,20,21). The number of hydrogen-bond acceptors (Lipinski definition) is 3. The Balaban J connectivity index is 2.06. The summed E-state index contributed by atoms with van der Waals surface area (Å²) in [5.74, 6) is -0.400. The molecule has 0 atom stereocenters. The van der Waals surface area contributed by atoms with Gasteiger partial charge in [-0.2, -0.15) is 0 Å². The summed E-state index contributed by atoms with van der Waals surface area (Å²) >= 11 is 6.26. The fourth-order valence-corrected chi connectivity index (χ4v) is 2.93. The molecule has 108 valence electrons. The van der Waals surface area contributed by atoms with E-state index in [1.54, 1.807) is 0 Å². The fourth-order valence-electron chi connectivity index (χ4n) is 2.66. The van der Waals surface area contributed by atoms with E-state index >= 15 is 0 Å². The van der Waals surface area contributed by atoms with Crippen LogP contribution in [0.2, 0.25) is 5.02 Å². The maximum absolute atomic E-state index is 11.0. The highest BCUT2D eigenvalue weighted by atomic mass is 35.5. The van der Waals surface area contributed by atoms with Crippen molar-refractivity contribution >= 4 is 29.1 Å². The van der Waals surface area contributed by atoms with E-state index in [4.69, 9.17) is 16.7 Å². The number of aromatic nitrogens is 1. The van der Waals surface area contributed by atoms with E-state index in [9.17, 15) is 4.79 Å². The summed E-state index contributed by atoms with van der Waals surface area (Å²) < 4.78 is 0. The van der Waals surface area contributed by atoms with Gasteiger partial charge in [0.2, 0.25) is 0 Å². The number of halogens is 1. The Hall–Kier alpha value is -2.07. The first kappa shape index (κ1) is 13.9. The maximum atomic E-state index is 11.0. The summed E-state index contributed by atoms with van der Waals surface area (Å²) in [7, 11) is 0. The quantitative estimate of drug-likeness (QED) is 0.914. The summed E-state index contributed by atoms with van der Waals surface area (Å²) in [6, 6.07) is 9.66. The number of benzene rings is 1. The molecule has 1 aromatic heterocycles. The van der Waals surface area contributed by atoms with Gasteiger partial charge in [-0.15, -0.1) is 0 Å². The lowest BCUT2D eigenvalue weighted by molar-refractivity contribution is 0.0696. The van der Waals surface area contributed by atoms with E-state index in [1.165, 1.54) is 17.8 Å². The minimum atomic E-state index is -1.02. The van der Waals surface area contributed by atoms with Crippen molar-refractivity contribution in [1.82, 2.24) is 4.98 Å². The van der Waals surface area contributed by atoms with Gasteiger partial charge in [-0.3, -0.25) is 0 Å². The molecular weight excluding hydrogens is 288 g/mol. The number of rotatable bonds is 2. The second kappa shape index (κ2) is 5.74. The van der Waals surface area contributed by atoms with Gasteiger partial charge in [0.1, 0.15) is 0 Å². The van der Waals surface area contributed by atoms with Crippen molar-refractivity contribution in [3.63, 3.8) is 0 Å². The topological polar surface area (TPSA) is 53.4 Å². The number of hydrogen-bond donors (Lipinski definition) is 1. The zero-order valence-corrected chi connectivity index (χ0v) is 12.2. The van der Waals surface area contributed by atoms with Gasteiger partial charge in [-0.05, 0) is 37.0 Å². The minimum Gasteiger partial charge on any atom is -0.478 e. The molecule has 2 aromatic rings. The van der Waals surface area contributed by atoms with Crippen molar-refractivity contribution in [2.24, 2.45) is 0 Å². The van der Waals surface area contributed by atoms with Crippen LogP contribution in [0.25, 0.3) is 0 Å². The summed E-state index contributed by atoms with van der Waals surface area (Å²) in [5, 5.41) is 9.37. The molecular formula is C16H15ClN2O2. The Bertz CT molecular complexity index is 688. The fraction of sp³-hybridized carbons (Fsp3) is 0.250. The van der Waals surface area contributed by atoms with Crippen LogP contribution < -0.4 is 4.90 Å². The molecule has 0 aliphatic carbocycles. The molecule has 21 heavy (non-hydrogen) atoms. The van der Waals surface area contributed by atoms with Crippen LogP contribution in [0.1, 0.15) is 28.8 Å². The number of fused-ring (bicyclic) bond motifs is 1. The van der Waals surface area contributed by atoms with Crippen LogP contribution >= 0.6 is 11.6 Å². The van der Waals surface area contributed by atoms with Crippen LogP contribution in [0.3, 0.4) is 0 Å². The van der Waals surface area contributed by atoms with E-state index < -0.39 is 5.97 Å². The Kier molecular flexibility index (Phi) is 3.80. The molecule has 1 aliphatic rings. The molecule has 0 fully saturated rings. The number of carbonyl (C=O) groups is 1. The van der Waals surface area contributed by atoms with Gasteiger partial charge in [-0.1, -0.05) is 29.8 Å². The van der Waals surface area contributed by atoms with Gasteiger partial charge in [-0.25, -0.2) is 9.78 Å². The third kappa shape index (κ3) is 2.72. The predicted molar refractivity (Wildman–Crippen MR) is 82.6 cm³/mol. The van der Waals surface area contributed by atoms with Gasteiger partial charge in [0.25, 0.3) is 0 Å². The lowest BCUT2D eigenvalue weighted by atomic mass is 10.1.